The highest BCUT2D eigenvalue weighted by Crippen LogP contribution is 2.37. The summed E-state index contributed by atoms with van der Waals surface area (Å²) in [4.78, 5) is 2.38. The van der Waals surface area contributed by atoms with Crippen LogP contribution in [0.5, 0.6) is 11.5 Å². The number of nitrogens with zero attached hydrogens (tertiary/aromatic N) is 1. The molecule has 1 fully saturated rings. The smallest absolute Gasteiger partial charge is 0.494 e. The molecule has 0 aliphatic carbocycles. The Morgan fingerprint density at radius 1 is 0.714 bits per heavy atom. The summed E-state index contributed by atoms with van der Waals surface area (Å²) in [5, 5.41) is 0. The Hall–Kier alpha value is -2.96. The zero-order chi connectivity index (χ0) is 25.2. The number of methoxy groups -OCH3 is 2. The van der Waals surface area contributed by atoms with Crippen molar-refractivity contribution in [1.29, 1.82) is 0 Å². The molecule has 0 atom stereocenters. The molecule has 0 amide bonds. The minimum Gasteiger partial charge on any atom is -0.497 e. The molecule has 0 N–H and O–H groups in total. The van der Waals surface area contributed by atoms with E-state index < -0.39 is 7.12 Å². The van der Waals surface area contributed by atoms with E-state index in [1.165, 1.54) is 16.7 Å². The van der Waals surface area contributed by atoms with E-state index in [0.717, 1.165) is 35.7 Å². The second-order valence-electron chi connectivity index (χ2n) is 10.2. The predicted molar refractivity (Wildman–Crippen MR) is 143 cm³/mol. The van der Waals surface area contributed by atoms with Gasteiger partial charge in [0.25, 0.3) is 0 Å². The lowest BCUT2D eigenvalue weighted by Crippen LogP contribution is -2.41. The minimum absolute atomic E-state index is 0.381. The molecular formula is C29H36BNO4. The first-order valence-electron chi connectivity index (χ1n) is 12.1. The van der Waals surface area contributed by atoms with E-state index >= 15 is 0 Å². The third-order valence-corrected chi connectivity index (χ3v) is 7.04. The first-order valence-corrected chi connectivity index (χ1v) is 12.1. The average molecular weight is 473 g/mol. The number of aryl methyl sites for hydroxylation is 1. The van der Waals surface area contributed by atoms with Gasteiger partial charge in [0.15, 0.2) is 0 Å². The fourth-order valence-corrected chi connectivity index (χ4v) is 4.23. The summed E-state index contributed by atoms with van der Waals surface area (Å²) in [6.45, 7) is 12.0. The molecule has 184 valence electrons. The number of ether oxygens (including phenoxy) is 2. The van der Waals surface area contributed by atoms with Gasteiger partial charge >= 0.3 is 7.12 Å². The number of hydrogen-bond donors (Lipinski definition) is 0. The summed E-state index contributed by atoms with van der Waals surface area (Å²) in [7, 11) is 2.98. The van der Waals surface area contributed by atoms with Gasteiger partial charge in [-0.1, -0.05) is 30.3 Å². The van der Waals surface area contributed by atoms with Gasteiger partial charge in [0, 0.05) is 18.8 Å². The molecule has 1 saturated heterocycles. The zero-order valence-corrected chi connectivity index (χ0v) is 21.9. The van der Waals surface area contributed by atoms with Crippen molar-refractivity contribution >= 4 is 18.3 Å². The number of rotatable bonds is 8. The molecule has 35 heavy (non-hydrogen) atoms. The molecular weight excluding hydrogens is 437 g/mol. The van der Waals surface area contributed by atoms with E-state index in [2.05, 4.69) is 82.0 Å². The van der Waals surface area contributed by atoms with Crippen molar-refractivity contribution in [3.63, 3.8) is 0 Å². The molecule has 3 aromatic rings. The van der Waals surface area contributed by atoms with E-state index in [4.69, 9.17) is 18.8 Å². The van der Waals surface area contributed by atoms with Crippen LogP contribution in [0.3, 0.4) is 0 Å². The Balaban J connectivity index is 1.67. The Kier molecular flexibility index (Phi) is 7.16. The summed E-state index contributed by atoms with van der Waals surface area (Å²) in [5.41, 5.74) is 4.98. The van der Waals surface area contributed by atoms with Gasteiger partial charge in [-0.3, -0.25) is 0 Å². The van der Waals surface area contributed by atoms with Crippen molar-refractivity contribution in [2.24, 2.45) is 0 Å². The Labute approximate surface area is 210 Å². The molecule has 1 aliphatic heterocycles. The van der Waals surface area contributed by atoms with Crippen LogP contribution < -0.4 is 19.8 Å². The number of hydrogen-bond acceptors (Lipinski definition) is 5. The van der Waals surface area contributed by atoms with Crippen molar-refractivity contribution in [1.82, 2.24) is 0 Å². The third-order valence-electron chi connectivity index (χ3n) is 7.04. The lowest BCUT2D eigenvalue weighted by atomic mass is 9.78. The van der Waals surface area contributed by atoms with E-state index in [0.29, 0.717) is 0 Å². The van der Waals surface area contributed by atoms with Gasteiger partial charge < -0.3 is 23.7 Å². The van der Waals surface area contributed by atoms with Gasteiger partial charge in [0.1, 0.15) is 11.5 Å². The third kappa shape index (κ3) is 5.66. The molecule has 0 saturated carbocycles. The summed E-state index contributed by atoms with van der Waals surface area (Å²) in [6, 6.07) is 23.1. The van der Waals surface area contributed by atoms with E-state index in [1.807, 2.05) is 24.3 Å². The highest BCUT2D eigenvalue weighted by Gasteiger charge is 2.51. The number of anilines is 1. The normalized spacial score (nSPS) is 16.3. The molecule has 1 aliphatic rings. The largest absolute Gasteiger partial charge is 0.497 e. The second kappa shape index (κ2) is 9.96. The fourth-order valence-electron chi connectivity index (χ4n) is 4.23. The highest BCUT2D eigenvalue weighted by atomic mass is 16.7. The summed E-state index contributed by atoms with van der Waals surface area (Å²) in [5.74, 6) is 1.71. The summed E-state index contributed by atoms with van der Waals surface area (Å²) >= 11 is 0. The molecule has 0 radical (unpaired) electrons. The van der Waals surface area contributed by atoms with Crippen molar-refractivity contribution in [2.45, 2.75) is 58.9 Å². The molecule has 0 unspecified atom stereocenters. The van der Waals surface area contributed by atoms with Crippen LogP contribution >= 0.6 is 0 Å². The summed E-state index contributed by atoms with van der Waals surface area (Å²) in [6.07, 6.45) is 0. The van der Waals surface area contributed by atoms with Gasteiger partial charge in [-0.15, -0.1) is 0 Å². The van der Waals surface area contributed by atoms with Crippen LogP contribution in [0.2, 0.25) is 0 Å². The topological polar surface area (TPSA) is 40.2 Å². The molecule has 0 bridgehead atoms. The summed E-state index contributed by atoms with van der Waals surface area (Å²) < 4.78 is 23.4. The van der Waals surface area contributed by atoms with Crippen molar-refractivity contribution < 1.29 is 18.8 Å². The maximum absolute atomic E-state index is 6.36. The van der Waals surface area contributed by atoms with Crippen molar-refractivity contribution in [3.05, 3.63) is 83.4 Å². The van der Waals surface area contributed by atoms with Gasteiger partial charge in [-0.05, 0) is 93.2 Å². The molecule has 3 aromatic carbocycles. The lowest BCUT2D eigenvalue weighted by Gasteiger charge is -2.32. The molecule has 5 nitrogen and oxygen atoms in total. The second-order valence-corrected chi connectivity index (χ2v) is 10.2. The standard InChI is InChI=1S/C29H36BNO4/c1-21-16-24(30-34-28(2,3)29(4,5)35-30)18-25(17-21)31(19-22-8-12-26(32-6)13-9-22)20-23-10-14-27(33-7)15-11-23/h8-18H,19-20H2,1-7H3. The van der Waals surface area contributed by atoms with Crippen LogP contribution in [0, 0.1) is 6.92 Å². The minimum atomic E-state index is -0.400. The predicted octanol–water partition coefficient (Wildman–Crippen LogP) is 5.52. The fraction of sp³-hybridized carbons (Fsp3) is 0.379. The maximum atomic E-state index is 6.36. The van der Waals surface area contributed by atoms with E-state index in [-0.39, 0.29) is 11.2 Å². The molecule has 6 heteroatoms. The molecule has 4 rings (SSSR count). The Bertz CT molecular complexity index is 1080. The SMILES string of the molecule is COc1ccc(CN(Cc2ccc(OC)cc2)c2cc(C)cc(B3OC(C)(C)C(C)(C)O3)c2)cc1. The molecule has 0 aromatic heterocycles. The van der Waals surface area contributed by atoms with Crippen molar-refractivity contribution in [3.8, 4) is 11.5 Å². The number of benzene rings is 3. The van der Waals surface area contributed by atoms with E-state index in [9.17, 15) is 0 Å². The monoisotopic (exact) mass is 473 g/mol. The first-order chi connectivity index (χ1) is 16.6. The van der Waals surface area contributed by atoms with Crippen LogP contribution in [-0.2, 0) is 22.4 Å². The van der Waals surface area contributed by atoms with Crippen LogP contribution in [0.4, 0.5) is 5.69 Å². The quantitative estimate of drug-likeness (QED) is 0.403. The van der Waals surface area contributed by atoms with Crippen molar-refractivity contribution in [2.75, 3.05) is 19.1 Å². The molecule has 1 heterocycles. The zero-order valence-electron chi connectivity index (χ0n) is 21.9. The molecule has 0 spiro atoms. The average Bonchev–Trinajstić information content (AvgIpc) is 3.06. The Morgan fingerprint density at radius 2 is 1.17 bits per heavy atom. The maximum Gasteiger partial charge on any atom is 0.494 e. The van der Waals surface area contributed by atoms with Crippen LogP contribution in [0.1, 0.15) is 44.4 Å². The lowest BCUT2D eigenvalue weighted by molar-refractivity contribution is 0.00578. The van der Waals surface area contributed by atoms with Gasteiger partial charge in [-0.25, -0.2) is 0 Å². The van der Waals surface area contributed by atoms with Gasteiger partial charge in [-0.2, -0.15) is 0 Å². The highest BCUT2D eigenvalue weighted by molar-refractivity contribution is 6.62. The van der Waals surface area contributed by atoms with Crippen LogP contribution in [0.15, 0.2) is 66.7 Å². The Morgan fingerprint density at radius 3 is 1.60 bits per heavy atom. The van der Waals surface area contributed by atoms with Gasteiger partial charge in [0.2, 0.25) is 0 Å². The van der Waals surface area contributed by atoms with E-state index in [1.54, 1.807) is 14.2 Å². The van der Waals surface area contributed by atoms with Crippen LogP contribution in [0.25, 0.3) is 0 Å². The van der Waals surface area contributed by atoms with Gasteiger partial charge in [0.05, 0.1) is 25.4 Å². The van der Waals surface area contributed by atoms with Crippen LogP contribution in [-0.4, -0.2) is 32.5 Å². The first kappa shape index (κ1) is 25.1.